The molecule has 0 radical (unpaired) electrons. The maximum atomic E-state index is 11.7. The molecular formula is C32H46O10. The van der Waals surface area contributed by atoms with Gasteiger partial charge < -0.3 is 18.9 Å². The third-order valence-corrected chi connectivity index (χ3v) is 5.64. The van der Waals surface area contributed by atoms with Crippen LogP contribution in [0, 0.1) is 0 Å². The Labute approximate surface area is 248 Å². The molecule has 42 heavy (non-hydrogen) atoms. The summed E-state index contributed by atoms with van der Waals surface area (Å²) in [6.07, 6.45) is 7.35. The van der Waals surface area contributed by atoms with E-state index in [2.05, 4.69) is 0 Å². The molecule has 2 rings (SSSR count). The summed E-state index contributed by atoms with van der Waals surface area (Å²) < 4.78 is 20.4. The fourth-order valence-electron chi connectivity index (χ4n) is 3.05. The third kappa shape index (κ3) is 16.5. The molecule has 0 heterocycles. The molecule has 0 aliphatic carbocycles. The van der Waals surface area contributed by atoms with Gasteiger partial charge in [0.2, 0.25) is 0 Å². The van der Waals surface area contributed by atoms with Crippen molar-refractivity contribution >= 4 is 23.9 Å². The maximum Gasteiger partial charge on any atom is 0.338 e. The SMILES string of the molecule is CCCCOC(=O)c1ccc(C(=O)OCCCC)cc1.CCCCOC(=O)c1ccc(C(=O)OCCCC)cc1.OO. The van der Waals surface area contributed by atoms with E-state index in [4.69, 9.17) is 29.5 Å². The van der Waals surface area contributed by atoms with E-state index < -0.39 is 0 Å². The van der Waals surface area contributed by atoms with Crippen LogP contribution in [0.3, 0.4) is 0 Å². The van der Waals surface area contributed by atoms with Crippen molar-refractivity contribution in [3.8, 4) is 0 Å². The Morgan fingerprint density at radius 3 is 0.738 bits per heavy atom. The van der Waals surface area contributed by atoms with E-state index in [0.29, 0.717) is 48.7 Å². The fraction of sp³-hybridized carbons (Fsp3) is 0.500. The fourth-order valence-corrected chi connectivity index (χ4v) is 3.05. The molecule has 0 saturated heterocycles. The smallest absolute Gasteiger partial charge is 0.338 e. The molecule has 0 saturated carbocycles. The summed E-state index contributed by atoms with van der Waals surface area (Å²) in [6.45, 7) is 9.84. The molecule has 2 N–H and O–H groups in total. The van der Waals surface area contributed by atoms with Crippen LogP contribution in [0.5, 0.6) is 0 Å². The maximum absolute atomic E-state index is 11.7. The molecule has 0 amide bonds. The molecule has 0 atom stereocenters. The summed E-state index contributed by atoms with van der Waals surface area (Å²) in [6, 6.07) is 12.7. The molecule has 0 aliphatic heterocycles. The zero-order chi connectivity index (χ0) is 31.6. The number of benzene rings is 2. The zero-order valence-corrected chi connectivity index (χ0v) is 25.3. The monoisotopic (exact) mass is 590 g/mol. The highest BCUT2D eigenvalue weighted by Crippen LogP contribution is 2.10. The largest absolute Gasteiger partial charge is 0.462 e. The predicted molar refractivity (Wildman–Crippen MR) is 159 cm³/mol. The summed E-state index contributed by atoms with van der Waals surface area (Å²) in [5, 5.41) is 12.0. The summed E-state index contributed by atoms with van der Waals surface area (Å²) in [4.78, 5) is 46.7. The van der Waals surface area contributed by atoms with Gasteiger partial charge in [-0.1, -0.05) is 53.4 Å². The lowest BCUT2D eigenvalue weighted by molar-refractivity contribution is -0.176. The first-order chi connectivity index (χ1) is 20.4. The zero-order valence-electron chi connectivity index (χ0n) is 25.3. The Hall–Kier alpha value is -3.76. The van der Waals surface area contributed by atoms with Crippen molar-refractivity contribution in [3.05, 3.63) is 70.8 Å². The Morgan fingerprint density at radius 2 is 0.595 bits per heavy atom. The van der Waals surface area contributed by atoms with Gasteiger partial charge in [0.25, 0.3) is 0 Å². The molecule has 0 unspecified atom stereocenters. The quantitative estimate of drug-likeness (QED) is 0.0675. The van der Waals surface area contributed by atoms with E-state index in [-0.39, 0.29) is 23.9 Å². The van der Waals surface area contributed by atoms with Crippen molar-refractivity contribution in [2.24, 2.45) is 0 Å². The summed E-state index contributed by atoms with van der Waals surface area (Å²) in [5.41, 5.74) is 1.80. The molecule has 0 aromatic heterocycles. The lowest BCUT2D eigenvalue weighted by Crippen LogP contribution is -2.09. The molecule has 2 aromatic carbocycles. The molecule has 0 aliphatic rings. The number of carbonyl (C=O) groups excluding carboxylic acids is 4. The molecule has 10 heteroatoms. The second-order valence-electron chi connectivity index (χ2n) is 9.11. The van der Waals surface area contributed by atoms with Gasteiger partial charge in [-0.05, 0) is 74.2 Å². The topological polar surface area (TPSA) is 146 Å². The van der Waals surface area contributed by atoms with E-state index in [1.165, 1.54) is 0 Å². The standard InChI is InChI=1S/2C16H22O4.H2O2/c2*1-3-5-11-19-15(17)13-7-9-14(10-8-13)16(18)20-12-6-4-2;1-2/h2*7-10H,3-6,11-12H2,1-2H3;1-2H. The molecule has 0 bridgehead atoms. The van der Waals surface area contributed by atoms with Crippen LogP contribution in [0.15, 0.2) is 48.5 Å². The van der Waals surface area contributed by atoms with Crippen LogP contribution in [0.4, 0.5) is 0 Å². The summed E-state index contributed by atoms with van der Waals surface area (Å²) in [7, 11) is 0. The molecule has 234 valence electrons. The van der Waals surface area contributed by atoms with Crippen molar-refractivity contribution < 1.29 is 48.6 Å². The van der Waals surface area contributed by atoms with Gasteiger partial charge in [-0.25, -0.2) is 19.2 Å². The van der Waals surface area contributed by atoms with E-state index >= 15 is 0 Å². The van der Waals surface area contributed by atoms with E-state index in [9.17, 15) is 19.2 Å². The first-order valence-electron chi connectivity index (χ1n) is 14.5. The molecular weight excluding hydrogens is 544 g/mol. The Kier molecular flexibility index (Phi) is 22.8. The van der Waals surface area contributed by atoms with Crippen molar-refractivity contribution in [2.75, 3.05) is 26.4 Å². The highest BCUT2D eigenvalue weighted by Gasteiger charge is 2.12. The summed E-state index contributed by atoms with van der Waals surface area (Å²) >= 11 is 0. The first-order valence-corrected chi connectivity index (χ1v) is 14.5. The van der Waals surface area contributed by atoms with Gasteiger partial charge in [-0.15, -0.1) is 0 Å². The second-order valence-corrected chi connectivity index (χ2v) is 9.11. The number of esters is 4. The lowest BCUT2D eigenvalue weighted by Gasteiger charge is -2.06. The van der Waals surface area contributed by atoms with Crippen LogP contribution in [-0.2, 0) is 18.9 Å². The number of unbranched alkanes of at least 4 members (excludes halogenated alkanes) is 4. The van der Waals surface area contributed by atoms with E-state index in [1.54, 1.807) is 48.5 Å². The Morgan fingerprint density at radius 1 is 0.429 bits per heavy atom. The van der Waals surface area contributed by atoms with Crippen LogP contribution in [0.1, 0.15) is 120 Å². The van der Waals surface area contributed by atoms with Crippen LogP contribution < -0.4 is 0 Å². The van der Waals surface area contributed by atoms with Crippen molar-refractivity contribution in [3.63, 3.8) is 0 Å². The number of hydrogen-bond donors (Lipinski definition) is 2. The van der Waals surface area contributed by atoms with Gasteiger partial charge in [0.15, 0.2) is 0 Å². The molecule has 10 nitrogen and oxygen atoms in total. The van der Waals surface area contributed by atoms with Gasteiger partial charge >= 0.3 is 23.9 Å². The minimum absolute atomic E-state index is 0.357. The molecule has 2 aromatic rings. The normalized spacial score (nSPS) is 9.76. The Bertz CT molecular complexity index is 851. The van der Waals surface area contributed by atoms with Crippen molar-refractivity contribution in [1.29, 1.82) is 0 Å². The van der Waals surface area contributed by atoms with Crippen molar-refractivity contribution in [1.82, 2.24) is 0 Å². The van der Waals surface area contributed by atoms with Gasteiger partial charge in [0.1, 0.15) is 0 Å². The Balaban J connectivity index is 0.000000756. The van der Waals surface area contributed by atoms with Crippen LogP contribution in [0.2, 0.25) is 0 Å². The number of carbonyl (C=O) groups is 4. The molecule has 0 spiro atoms. The van der Waals surface area contributed by atoms with E-state index in [1.807, 2.05) is 27.7 Å². The highest BCUT2D eigenvalue weighted by molar-refractivity contribution is 5.94. The van der Waals surface area contributed by atoms with E-state index in [0.717, 1.165) is 51.4 Å². The van der Waals surface area contributed by atoms with Gasteiger partial charge in [-0.2, -0.15) is 0 Å². The summed E-state index contributed by atoms with van der Waals surface area (Å²) in [5.74, 6) is -1.43. The first kappa shape index (κ1) is 38.2. The number of rotatable bonds is 16. The van der Waals surface area contributed by atoms with Gasteiger partial charge in [0.05, 0.1) is 48.7 Å². The number of hydrogen-bond acceptors (Lipinski definition) is 10. The molecule has 0 fully saturated rings. The third-order valence-electron chi connectivity index (χ3n) is 5.64. The second kappa shape index (κ2) is 25.0. The van der Waals surface area contributed by atoms with Gasteiger partial charge in [0, 0.05) is 0 Å². The predicted octanol–water partition coefficient (Wildman–Crippen LogP) is 7.22. The average molecular weight is 591 g/mol. The van der Waals surface area contributed by atoms with Gasteiger partial charge in [-0.3, -0.25) is 10.5 Å². The van der Waals surface area contributed by atoms with Crippen LogP contribution in [0.25, 0.3) is 0 Å². The van der Waals surface area contributed by atoms with Crippen LogP contribution in [-0.4, -0.2) is 60.8 Å². The van der Waals surface area contributed by atoms with Crippen molar-refractivity contribution in [2.45, 2.75) is 79.1 Å². The highest BCUT2D eigenvalue weighted by atomic mass is 17.0. The van der Waals surface area contributed by atoms with Crippen LogP contribution >= 0.6 is 0 Å². The average Bonchev–Trinajstić information content (AvgIpc) is 3.02. The lowest BCUT2D eigenvalue weighted by atomic mass is 10.1. The minimum Gasteiger partial charge on any atom is -0.462 e. The minimum atomic E-state index is -0.357. The number of ether oxygens (including phenoxy) is 4.